The third-order valence-corrected chi connectivity index (χ3v) is 5.42. The standard InChI is InChI=1S/C15H18ClF2N/c1-9-2-3-10(16)12(17)11(9)13(19)14-4-6-15(18,8-14)7-5-14/h2-3,13H,4-8,19H2,1H3/t13-,14?,15?/m1/s1. The molecule has 19 heavy (non-hydrogen) atoms. The smallest absolute Gasteiger partial charge is 0.146 e. The molecule has 2 bridgehead atoms. The predicted molar refractivity (Wildman–Crippen MR) is 72.4 cm³/mol. The first-order valence-electron chi connectivity index (χ1n) is 6.76. The molecular formula is C15H18ClF2N. The highest BCUT2D eigenvalue weighted by atomic mass is 35.5. The lowest BCUT2D eigenvalue weighted by Crippen LogP contribution is -2.32. The van der Waals surface area contributed by atoms with Crippen LogP contribution in [0.4, 0.5) is 8.78 Å². The van der Waals surface area contributed by atoms with E-state index in [4.69, 9.17) is 17.3 Å². The summed E-state index contributed by atoms with van der Waals surface area (Å²) in [4.78, 5) is 0. The molecule has 0 saturated heterocycles. The molecule has 4 heteroatoms. The third-order valence-electron chi connectivity index (χ3n) is 5.13. The van der Waals surface area contributed by atoms with Crippen LogP contribution in [-0.4, -0.2) is 5.67 Å². The molecule has 0 radical (unpaired) electrons. The number of rotatable bonds is 2. The van der Waals surface area contributed by atoms with E-state index >= 15 is 0 Å². The fourth-order valence-corrected chi connectivity index (χ4v) is 4.12. The van der Waals surface area contributed by atoms with Gasteiger partial charge in [0.05, 0.1) is 5.02 Å². The number of fused-ring (bicyclic) bond motifs is 2. The van der Waals surface area contributed by atoms with Gasteiger partial charge in [-0.25, -0.2) is 8.78 Å². The number of alkyl halides is 1. The normalized spacial score (nSPS) is 34.8. The van der Waals surface area contributed by atoms with Gasteiger partial charge in [0.15, 0.2) is 0 Å². The summed E-state index contributed by atoms with van der Waals surface area (Å²) in [6.07, 6.45) is 3.07. The Hall–Kier alpha value is -0.670. The number of benzene rings is 1. The quantitative estimate of drug-likeness (QED) is 0.853. The monoisotopic (exact) mass is 285 g/mol. The lowest BCUT2D eigenvalue weighted by atomic mass is 9.74. The van der Waals surface area contributed by atoms with E-state index in [9.17, 15) is 8.78 Å². The second kappa shape index (κ2) is 4.16. The maximum absolute atomic E-state index is 14.3. The van der Waals surface area contributed by atoms with Crippen LogP contribution in [0.3, 0.4) is 0 Å². The molecule has 104 valence electrons. The van der Waals surface area contributed by atoms with Crippen molar-refractivity contribution in [3.05, 3.63) is 34.1 Å². The van der Waals surface area contributed by atoms with Gasteiger partial charge in [-0.05, 0) is 56.1 Å². The Morgan fingerprint density at radius 3 is 2.42 bits per heavy atom. The minimum Gasteiger partial charge on any atom is -0.323 e. The maximum Gasteiger partial charge on any atom is 0.146 e. The third kappa shape index (κ3) is 1.90. The van der Waals surface area contributed by atoms with Crippen molar-refractivity contribution in [3.8, 4) is 0 Å². The van der Waals surface area contributed by atoms with Gasteiger partial charge in [0.25, 0.3) is 0 Å². The van der Waals surface area contributed by atoms with Crippen molar-refractivity contribution >= 4 is 11.6 Å². The van der Waals surface area contributed by atoms with Gasteiger partial charge in [0, 0.05) is 11.6 Å². The van der Waals surface area contributed by atoms with E-state index in [0.717, 1.165) is 18.4 Å². The number of hydrogen-bond acceptors (Lipinski definition) is 1. The summed E-state index contributed by atoms with van der Waals surface area (Å²) >= 11 is 5.86. The lowest BCUT2D eigenvalue weighted by molar-refractivity contribution is 0.175. The Labute approximate surface area is 117 Å². The summed E-state index contributed by atoms with van der Waals surface area (Å²) < 4.78 is 28.6. The van der Waals surface area contributed by atoms with E-state index in [0.29, 0.717) is 24.8 Å². The first-order valence-corrected chi connectivity index (χ1v) is 7.14. The highest BCUT2D eigenvalue weighted by molar-refractivity contribution is 6.30. The molecule has 1 aromatic rings. The van der Waals surface area contributed by atoms with E-state index in [1.165, 1.54) is 0 Å². The van der Waals surface area contributed by atoms with Crippen molar-refractivity contribution in [2.45, 2.75) is 50.7 Å². The van der Waals surface area contributed by atoms with Crippen LogP contribution in [0.2, 0.25) is 5.02 Å². The zero-order valence-corrected chi connectivity index (χ0v) is 11.7. The van der Waals surface area contributed by atoms with Crippen LogP contribution in [0.5, 0.6) is 0 Å². The fraction of sp³-hybridized carbons (Fsp3) is 0.600. The fourth-order valence-electron chi connectivity index (χ4n) is 3.95. The Bertz CT molecular complexity index is 521. The molecule has 2 fully saturated rings. The average molecular weight is 286 g/mol. The minimum absolute atomic E-state index is 0.0926. The molecule has 3 rings (SSSR count). The second-order valence-electron chi connectivity index (χ2n) is 6.26. The topological polar surface area (TPSA) is 26.0 Å². The van der Waals surface area contributed by atoms with E-state index in [-0.39, 0.29) is 10.4 Å². The van der Waals surface area contributed by atoms with Crippen molar-refractivity contribution in [1.82, 2.24) is 0 Å². The SMILES string of the molecule is Cc1ccc(Cl)c(F)c1[C@@H](N)C12CCC(F)(CC1)C2. The second-order valence-corrected chi connectivity index (χ2v) is 6.67. The van der Waals surface area contributed by atoms with Crippen LogP contribution in [0.25, 0.3) is 0 Å². The minimum atomic E-state index is -1.07. The lowest BCUT2D eigenvalue weighted by Gasteiger charge is -2.34. The molecule has 0 aliphatic heterocycles. The molecule has 2 N–H and O–H groups in total. The van der Waals surface area contributed by atoms with Crippen LogP contribution in [-0.2, 0) is 0 Å². The number of aryl methyl sites for hydroxylation is 1. The van der Waals surface area contributed by atoms with Crippen LogP contribution in [0.15, 0.2) is 12.1 Å². The van der Waals surface area contributed by atoms with E-state index in [1.807, 2.05) is 6.92 Å². The molecule has 0 unspecified atom stereocenters. The summed E-state index contributed by atoms with van der Waals surface area (Å²) in [5.74, 6) is -0.438. The van der Waals surface area contributed by atoms with Gasteiger partial charge >= 0.3 is 0 Å². The summed E-state index contributed by atoms with van der Waals surface area (Å²) in [5, 5.41) is 0.0926. The van der Waals surface area contributed by atoms with Gasteiger partial charge in [-0.1, -0.05) is 17.7 Å². The molecule has 0 spiro atoms. The van der Waals surface area contributed by atoms with Gasteiger partial charge in [0.1, 0.15) is 11.5 Å². The summed E-state index contributed by atoms with van der Waals surface area (Å²) in [6.45, 7) is 1.83. The van der Waals surface area contributed by atoms with Crippen LogP contribution >= 0.6 is 11.6 Å². The Morgan fingerprint density at radius 2 is 1.89 bits per heavy atom. The predicted octanol–water partition coefficient (Wildman–Crippen LogP) is 4.46. The molecule has 2 aliphatic rings. The largest absolute Gasteiger partial charge is 0.323 e. The number of hydrogen-bond donors (Lipinski definition) is 1. The van der Waals surface area contributed by atoms with Crippen molar-refractivity contribution in [2.75, 3.05) is 0 Å². The average Bonchev–Trinajstić information content (AvgIpc) is 2.89. The van der Waals surface area contributed by atoms with Crippen LogP contribution in [0.1, 0.15) is 49.3 Å². The summed E-state index contributed by atoms with van der Waals surface area (Å²) in [7, 11) is 0. The van der Waals surface area contributed by atoms with Gasteiger partial charge in [-0.3, -0.25) is 0 Å². The van der Waals surface area contributed by atoms with Gasteiger partial charge in [-0.2, -0.15) is 0 Å². The molecule has 1 nitrogen and oxygen atoms in total. The Morgan fingerprint density at radius 1 is 1.26 bits per heavy atom. The Balaban J connectivity index is 2.02. The summed E-state index contributed by atoms with van der Waals surface area (Å²) in [6, 6.07) is 2.86. The number of halogens is 3. The molecular weight excluding hydrogens is 268 g/mol. The van der Waals surface area contributed by atoms with Crippen molar-refractivity contribution in [2.24, 2.45) is 11.1 Å². The van der Waals surface area contributed by atoms with E-state index < -0.39 is 17.5 Å². The highest BCUT2D eigenvalue weighted by Crippen LogP contribution is 2.63. The highest BCUT2D eigenvalue weighted by Gasteiger charge is 2.58. The zero-order valence-electron chi connectivity index (χ0n) is 11.0. The first kappa shape index (κ1) is 13.3. The van der Waals surface area contributed by atoms with Gasteiger partial charge in [-0.15, -0.1) is 0 Å². The number of nitrogens with two attached hydrogens (primary N) is 1. The summed E-state index contributed by atoms with van der Waals surface area (Å²) in [5.41, 5.74) is 6.25. The van der Waals surface area contributed by atoms with Crippen LogP contribution in [0, 0.1) is 18.2 Å². The zero-order chi connectivity index (χ0) is 13.8. The maximum atomic E-state index is 14.3. The molecule has 0 heterocycles. The Kier molecular flexibility index (Phi) is 2.92. The molecule has 1 aromatic carbocycles. The van der Waals surface area contributed by atoms with E-state index in [1.54, 1.807) is 12.1 Å². The first-order chi connectivity index (χ1) is 8.87. The van der Waals surface area contributed by atoms with Crippen LogP contribution < -0.4 is 5.73 Å². The van der Waals surface area contributed by atoms with Gasteiger partial charge in [0.2, 0.25) is 0 Å². The molecule has 1 atom stereocenters. The molecule has 0 aromatic heterocycles. The molecule has 0 amide bonds. The van der Waals surface area contributed by atoms with Crippen molar-refractivity contribution < 1.29 is 8.78 Å². The van der Waals surface area contributed by atoms with Crippen molar-refractivity contribution in [1.29, 1.82) is 0 Å². The molecule has 2 saturated carbocycles. The van der Waals surface area contributed by atoms with E-state index in [2.05, 4.69) is 0 Å². The van der Waals surface area contributed by atoms with Crippen molar-refractivity contribution in [3.63, 3.8) is 0 Å². The molecule has 2 aliphatic carbocycles. The van der Waals surface area contributed by atoms with Gasteiger partial charge < -0.3 is 5.73 Å².